The van der Waals surface area contributed by atoms with Crippen LogP contribution in [0.2, 0.25) is 0 Å². The first kappa shape index (κ1) is 22.5. The average molecular weight is 378 g/mol. The second-order valence-electron chi connectivity index (χ2n) is 6.41. The molecule has 3 nitrogen and oxygen atoms in total. The van der Waals surface area contributed by atoms with Crippen LogP contribution >= 0.6 is 12.4 Å². The van der Waals surface area contributed by atoms with Gasteiger partial charge in [0, 0.05) is 19.8 Å². The van der Waals surface area contributed by atoms with E-state index in [2.05, 4.69) is 55.6 Å². The molecule has 2 aromatic rings. The number of hydrogen-bond donors (Lipinski definition) is 1. The predicted molar refractivity (Wildman–Crippen MR) is 111 cm³/mol. The van der Waals surface area contributed by atoms with E-state index < -0.39 is 0 Å². The maximum Gasteiger partial charge on any atom is 0.119 e. The minimum atomic E-state index is 0. The number of halogens is 1. The van der Waals surface area contributed by atoms with Crippen molar-refractivity contribution in [3.05, 3.63) is 65.2 Å². The lowest BCUT2D eigenvalue weighted by atomic mass is 10.2. The van der Waals surface area contributed by atoms with Crippen molar-refractivity contribution < 1.29 is 9.47 Å². The lowest BCUT2D eigenvalue weighted by Gasteiger charge is -2.09. The normalized spacial score (nSPS) is 10.4. The highest BCUT2D eigenvalue weighted by atomic mass is 35.5. The largest absolute Gasteiger partial charge is 0.489 e. The summed E-state index contributed by atoms with van der Waals surface area (Å²) in [6.07, 6.45) is 3.41. The summed E-state index contributed by atoms with van der Waals surface area (Å²) in [6, 6.07) is 16.8. The van der Waals surface area contributed by atoms with Crippen LogP contribution in [0, 0.1) is 6.92 Å². The molecule has 0 bridgehead atoms. The Bertz CT molecular complexity index is 584. The summed E-state index contributed by atoms with van der Waals surface area (Å²) in [6.45, 7) is 8.49. The van der Waals surface area contributed by atoms with E-state index in [-0.39, 0.29) is 12.4 Å². The maximum absolute atomic E-state index is 5.84. The predicted octanol–water partition coefficient (Wildman–Crippen LogP) is 5.29. The van der Waals surface area contributed by atoms with E-state index in [4.69, 9.17) is 9.47 Å². The standard InChI is InChI=1S/C22H31NO2.ClH/c1-3-4-15-24-16-5-14-23-17-20-10-12-22(13-11-20)25-18-21-8-6-19(2)7-9-21;/h6-13,23H,3-5,14-18H2,1-2H3;1H. The Balaban J connectivity index is 0.00000338. The van der Waals surface area contributed by atoms with Gasteiger partial charge >= 0.3 is 0 Å². The minimum Gasteiger partial charge on any atom is -0.489 e. The summed E-state index contributed by atoms with van der Waals surface area (Å²) in [5.41, 5.74) is 3.74. The number of hydrogen-bond acceptors (Lipinski definition) is 3. The van der Waals surface area contributed by atoms with Crippen LogP contribution in [0.15, 0.2) is 48.5 Å². The highest BCUT2D eigenvalue weighted by Crippen LogP contribution is 2.14. The molecule has 0 aromatic heterocycles. The summed E-state index contributed by atoms with van der Waals surface area (Å²) >= 11 is 0. The van der Waals surface area contributed by atoms with Crippen LogP contribution in [0.4, 0.5) is 0 Å². The van der Waals surface area contributed by atoms with Crippen LogP contribution in [0.1, 0.15) is 42.9 Å². The third-order valence-corrected chi connectivity index (χ3v) is 4.06. The van der Waals surface area contributed by atoms with Crippen molar-refractivity contribution in [3.8, 4) is 5.75 Å². The van der Waals surface area contributed by atoms with E-state index >= 15 is 0 Å². The molecular weight excluding hydrogens is 346 g/mol. The topological polar surface area (TPSA) is 30.5 Å². The van der Waals surface area contributed by atoms with Gasteiger partial charge in [0.15, 0.2) is 0 Å². The molecule has 0 fully saturated rings. The highest BCUT2D eigenvalue weighted by Gasteiger charge is 1.98. The van der Waals surface area contributed by atoms with E-state index in [1.807, 2.05) is 12.1 Å². The molecule has 0 amide bonds. The van der Waals surface area contributed by atoms with Crippen LogP contribution < -0.4 is 10.1 Å². The van der Waals surface area contributed by atoms with Crippen molar-refractivity contribution in [1.82, 2.24) is 5.32 Å². The molecule has 26 heavy (non-hydrogen) atoms. The molecule has 0 atom stereocenters. The molecule has 0 aliphatic rings. The molecule has 0 heterocycles. The molecule has 2 aromatic carbocycles. The molecular formula is C22H32ClNO2. The fourth-order valence-electron chi connectivity index (χ4n) is 2.43. The molecule has 144 valence electrons. The molecule has 0 spiro atoms. The highest BCUT2D eigenvalue weighted by molar-refractivity contribution is 5.85. The van der Waals surface area contributed by atoms with Crippen molar-refractivity contribution >= 4 is 12.4 Å². The summed E-state index contributed by atoms with van der Waals surface area (Å²) in [5, 5.41) is 3.45. The minimum absolute atomic E-state index is 0. The Kier molecular flexibility index (Phi) is 11.8. The Hall–Kier alpha value is -1.55. The zero-order valence-corrected chi connectivity index (χ0v) is 16.8. The quantitative estimate of drug-likeness (QED) is 0.509. The summed E-state index contributed by atoms with van der Waals surface area (Å²) < 4.78 is 11.4. The fraction of sp³-hybridized carbons (Fsp3) is 0.455. The van der Waals surface area contributed by atoms with Gasteiger partial charge < -0.3 is 14.8 Å². The lowest BCUT2D eigenvalue weighted by molar-refractivity contribution is 0.129. The van der Waals surface area contributed by atoms with Gasteiger partial charge in [-0.2, -0.15) is 0 Å². The molecule has 2 rings (SSSR count). The zero-order chi connectivity index (χ0) is 17.7. The summed E-state index contributed by atoms with van der Waals surface area (Å²) in [5.74, 6) is 0.911. The van der Waals surface area contributed by atoms with Crippen molar-refractivity contribution in [2.24, 2.45) is 0 Å². The van der Waals surface area contributed by atoms with E-state index in [0.717, 1.165) is 44.9 Å². The van der Waals surface area contributed by atoms with E-state index in [1.54, 1.807) is 0 Å². The van der Waals surface area contributed by atoms with Gasteiger partial charge in [-0.3, -0.25) is 0 Å². The van der Waals surface area contributed by atoms with Gasteiger partial charge in [0.25, 0.3) is 0 Å². The van der Waals surface area contributed by atoms with Crippen LogP contribution in [0.25, 0.3) is 0 Å². The fourth-order valence-corrected chi connectivity index (χ4v) is 2.43. The van der Waals surface area contributed by atoms with Gasteiger partial charge in [-0.15, -0.1) is 12.4 Å². The number of benzene rings is 2. The summed E-state index contributed by atoms with van der Waals surface area (Å²) in [7, 11) is 0. The lowest BCUT2D eigenvalue weighted by Crippen LogP contribution is -2.16. The second-order valence-corrected chi connectivity index (χ2v) is 6.41. The molecule has 1 N–H and O–H groups in total. The Morgan fingerprint density at radius 3 is 2.19 bits per heavy atom. The van der Waals surface area contributed by atoms with Crippen LogP contribution in [-0.2, 0) is 17.9 Å². The number of aryl methyl sites for hydroxylation is 1. The summed E-state index contributed by atoms with van der Waals surface area (Å²) in [4.78, 5) is 0. The van der Waals surface area contributed by atoms with E-state index in [0.29, 0.717) is 6.61 Å². The zero-order valence-electron chi connectivity index (χ0n) is 16.0. The van der Waals surface area contributed by atoms with Crippen molar-refractivity contribution in [3.63, 3.8) is 0 Å². The van der Waals surface area contributed by atoms with Gasteiger partial charge in [0.1, 0.15) is 12.4 Å². The number of ether oxygens (including phenoxy) is 2. The number of unbranched alkanes of at least 4 members (excludes halogenated alkanes) is 1. The monoisotopic (exact) mass is 377 g/mol. The maximum atomic E-state index is 5.84. The Morgan fingerprint density at radius 2 is 1.50 bits per heavy atom. The molecule has 0 saturated heterocycles. The van der Waals surface area contributed by atoms with Crippen LogP contribution in [0.3, 0.4) is 0 Å². The third kappa shape index (κ3) is 9.23. The van der Waals surface area contributed by atoms with E-state index in [1.165, 1.54) is 23.1 Å². The molecule has 0 unspecified atom stereocenters. The Labute approximate surface area is 164 Å². The van der Waals surface area contributed by atoms with Crippen LogP contribution in [-0.4, -0.2) is 19.8 Å². The van der Waals surface area contributed by atoms with Gasteiger partial charge in [-0.05, 0) is 49.6 Å². The van der Waals surface area contributed by atoms with Crippen LogP contribution in [0.5, 0.6) is 5.75 Å². The number of nitrogens with one attached hydrogen (secondary N) is 1. The Morgan fingerprint density at radius 1 is 0.846 bits per heavy atom. The molecule has 4 heteroatoms. The number of rotatable bonds is 12. The first-order valence-corrected chi connectivity index (χ1v) is 9.33. The van der Waals surface area contributed by atoms with Crippen molar-refractivity contribution in [2.75, 3.05) is 19.8 Å². The molecule has 0 aliphatic carbocycles. The SMILES string of the molecule is CCCCOCCCNCc1ccc(OCc2ccc(C)cc2)cc1.Cl. The van der Waals surface area contributed by atoms with Crippen molar-refractivity contribution in [1.29, 1.82) is 0 Å². The van der Waals surface area contributed by atoms with Crippen molar-refractivity contribution in [2.45, 2.75) is 46.3 Å². The average Bonchev–Trinajstić information content (AvgIpc) is 2.64. The van der Waals surface area contributed by atoms with Gasteiger partial charge in [0.05, 0.1) is 0 Å². The van der Waals surface area contributed by atoms with E-state index in [9.17, 15) is 0 Å². The van der Waals surface area contributed by atoms with Gasteiger partial charge in [0.2, 0.25) is 0 Å². The first-order chi connectivity index (χ1) is 12.3. The third-order valence-electron chi connectivity index (χ3n) is 4.06. The second kappa shape index (κ2) is 13.6. The molecule has 0 radical (unpaired) electrons. The van der Waals surface area contributed by atoms with Gasteiger partial charge in [-0.25, -0.2) is 0 Å². The molecule has 0 aliphatic heterocycles. The smallest absolute Gasteiger partial charge is 0.119 e. The van der Waals surface area contributed by atoms with Gasteiger partial charge in [-0.1, -0.05) is 55.3 Å². The molecule has 0 saturated carbocycles. The first-order valence-electron chi connectivity index (χ1n) is 9.33.